The van der Waals surface area contributed by atoms with Crippen LogP contribution >= 0.6 is 11.6 Å². The van der Waals surface area contributed by atoms with Gasteiger partial charge in [-0.15, -0.1) is 0 Å². The molecule has 28 heavy (non-hydrogen) atoms. The molecule has 0 aromatic heterocycles. The summed E-state index contributed by atoms with van der Waals surface area (Å²) in [7, 11) is -3.40. The summed E-state index contributed by atoms with van der Waals surface area (Å²) in [6.07, 6.45) is 6.34. The van der Waals surface area contributed by atoms with Crippen molar-refractivity contribution in [1.29, 1.82) is 0 Å². The van der Waals surface area contributed by atoms with Crippen LogP contribution in [-0.2, 0) is 19.4 Å². The zero-order chi connectivity index (χ0) is 20.3. The molecular formula is C20H25ClN2O4S. The van der Waals surface area contributed by atoms with Gasteiger partial charge in [0.15, 0.2) is 9.84 Å². The van der Waals surface area contributed by atoms with E-state index in [2.05, 4.69) is 10.6 Å². The highest BCUT2D eigenvalue weighted by molar-refractivity contribution is 7.90. The zero-order valence-electron chi connectivity index (χ0n) is 16.0. The van der Waals surface area contributed by atoms with Crippen LogP contribution in [0.5, 0.6) is 0 Å². The third-order valence-corrected chi connectivity index (χ3v) is 8.04. The first-order valence-corrected chi connectivity index (χ1v) is 11.9. The minimum absolute atomic E-state index is 0.0543. The summed E-state index contributed by atoms with van der Waals surface area (Å²) in [5.41, 5.74) is -0.526. The Morgan fingerprint density at radius 3 is 2.36 bits per heavy atom. The van der Waals surface area contributed by atoms with Crippen molar-refractivity contribution in [2.75, 3.05) is 11.6 Å². The van der Waals surface area contributed by atoms with E-state index in [1.54, 1.807) is 0 Å². The van der Waals surface area contributed by atoms with Crippen LogP contribution < -0.4 is 10.6 Å². The fourth-order valence-electron chi connectivity index (χ4n) is 6.13. The molecule has 4 fully saturated rings. The van der Waals surface area contributed by atoms with Gasteiger partial charge in [-0.2, -0.15) is 0 Å². The Morgan fingerprint density at radius 1 is 1.14 bits per heavy atom. The Bertz CT molecular complexity index is 945. The largest absolute Gasteiger partial charge is 0.351 e. The fourth-order valence-corrected chi connectivity index (χ4v) is 6.95. The van der Waals surface area contributed by atoms with Gasteiger partial charge in [0.25, 0.3) is 0 Å². The molecule has 4 saturated carbocycles. The first-order valence-electron chi connectivity index (χ1n) is 9.60. The number of rotatable bonds is 4. The van der Waals surface area contributed by atoms with Crippen LogP contribution in [0.25, 0.3) is 0 Å². The van der Waals surface area contributed by atoms with Crippen molar-refractivity contribution in [3.05, 3.63) is 23.2 Å². The molecule has 2 amide bonds. The van der Waals surface area contributed by atoms with Crippen molar-refractivity contribution < 1.29 is 18.0 Å². The van der Waals surface area contributed by atoms with Crippen molar-refractivity contribution in [2.24, 2.45) is 17.3 Å². The lowest BCUT2D eigenvalue weighted by molar-refractivity contribution is -0.148. The van der Waals surface area contributed by atoms with E-state index in [4.69, 9.17) is 11.6 Å². The van der Waals surface area contributed by atoms with E-state index >= 15 is 0 Å². The Morgan fingerprint density at radius 2 is 1.79 bits per heavy atom. The molecule has 2 unspecified atom stereocenters. The fraction of sp³-hybridized carbons (Fsp3) is 0.600. The second-order valence-electron chi connectivity index (χ2n) is 9.07. The first kappa shape index (κ1) is 19.7. The summed E-state index contributed by atoms with van der Waals surface area (Å²) in [4.78, 5) is 25.3. The third-order valence-electron chi connectivity index (χ3n) is 6.60. The lowest BCUT2D eigenvalue weighted by Gasteiger charge is -2.61. The van der Waals surface area contributed by atoms with Crippen LogP contribution in [0.4, 0.5) is 5.69 Å². The number of amides is 2. The Balaban J connectivity index is 1.63. The van der Waals surface area contributed by atoms with E-state index in [9.17, 15) is 18.0 Å². The molecule has 1 aromatic carbocycles. The highest BCUT2D eigenvalue weighted by atomic mass is 35.5. The summed E-state index contributed by atoms with van der Waals surface area (Å²) < 4.78 is 23.7. The van der Waals surface area contributed by atoms with Gasteiger partial charge in [0.2, 0.25) is 11.8 Å². The van der Waals surface area contributed by atoms with E-state index in [1.807, 2.05) is 0 Å². The van der Waals surface area contributed by atoms with Crippen LogP contribution in [0.2, 0.25) is 5.02 Å². The molecule has 0 saturated heterocycles. The molecule has 0 radical (unpaired) electrons. The number of carbonyl (C=O) groups excluding carboxylic acids is 2. The lowest BCUT2D eigenvalue weighted by atomic mass is 9.46. The summed E-state index contributed by atoms with van der Waals surface area (Å²) in [6, 6.07) is 4.34. The molecule has 4 aliphatic rings. The quantitative estimate of drug-likeness (QED) is 0.776. The predicted molar refractivity (Wildman–Crippen MR) is 107 cm³/mol. The van der Waals surface area contributed by atoms with E-state index < -0.39 is 15.3 Å². The molecule has 4 atom stereocenters. The SMILES string of the molecule is CC(=O)NC12C[C@H]3C[C@@H](C1)CC(C(=O)Nc1cc(S(C)(=O)=O)ccc1Cl)(C3)C2. The van der Waals surface area contributed by atoms with Crippen molar-refractivity contribution in [1.82, 2.24) is 5.32 Å². The van der Waals surface area contributed by atoms with Crippen LogP contribution in [0, 0.1) is 17.3 Å². The predicted octanol–water partition coefficient (Wildman–Crippen LogP) is 3.16. The van der Waals surface area contributed by atoms with Crippen molar-refractivity contribution in [2.45, 2.75) is 55.9 Å². The third kappa shape index (κ3) is 3.43. The maximum Gasteiger partial charge on any atom is 0.230 e. The molecule has 5 rings (SSSR count). The summed E-state index contributed by atoms with van der Waals surface area (Å²) >= 11 is 6.23. The molecule has 4 aliphatic carbocycles. The standard InChI is InChI=1S/C20H25ClN2O4S/c1-12(24)23-20-9-13-5-14(10-20)8-19(7-13,11-20)18(25)22-17-6-15(28(2,26)27)3-4-16(17)21/h3-4,6,13-14H,5,7-11H2,1-2H3,(H,22,25)(H,23,24)/t13-,14+,19?,20?. The van der Waals surface area contributed by atoms with Gasteiger partial charge in [-0.1, -0.05) is 11.6 Å². The lowest BCUT2D eigenvalue weighted by Crippen LogP contribution is -2.65. The van der Waals surface area contributed by atoms with Gasteiger partial charge < -0.3 is 10.6 Å². The number of anilines is 1. The number of hydrogen-bond acceptors (Lipinski definition) is 4. The maximum absolute atomic E-state index is 13.4. The van der Waals surface area contributed by atoms with E-state index in [-0.39, 0.29) is 22.2 Å². The van der Waals surface area contributed by atoms with Gasteiger partial charge in [0.1, 0.15) is 0 Å². The zero-order valence-corrected chi connectivity index (χ0v) is 17.6. The molecule has 0 heterocycles. The number of hydrogen-bond donors (Lipinski definition) is 2. The van der Waals surface area contributed by atoms with Gasteiger partial charge in [0, 0.05) is 18.7 Å². The molecule has 2 N–H and O–H groups in total. The van der Waals surface area contributed by atoms with Crippen LogP contribution in [0.1, 0.15) is 45.4 Å². The highest BCUT2D eigenvalue weighted by Gasteiger charge is 2.60. The van der Waals surface area contributed by atoms with Crippen LogP contribution in [0.3, 0.4) is 0 Å². The summed E-state index contributed by atoms with van der Waals surface area (Å²) in [5, 5.41) is 6.36. The normalized spacial score (nSPS) is 33.5. The Hall–Kier alpha value is -1.60. The maximum atomic E-state index is 13.4. The first-order chi connectivity index (χ1) is 13.0. The highest BCUT2D eigenvalue weighted by Crippen LogP contribution is 2.62. The van der Waals surface area contributed by atoms with Gasteiger partial charge in [-0.3, -0.25) is 9.59 Å². The minimum atomic E-state index is -3.40. The average molecular weight is 425 g/mol. The minimum Gasteiger partial charge on any atom is -0.351 e. The van der Waals surface area contributed by atoms with Crippen molar-refractivity contribution in [3.63, 3.8) is 0 Å². The number of benzene rings is 1. The Labute approximate surface area is 170 Å². The number of carbonyl (C=O) groups is 2. The van der Waals surface area contributed by atoms with Gasteiger partial charge in [-0.25, -0.2) is 8.42 Å². The van der Waals surface area contributed by atoms with Crippen molar-refractivity contribution >= 4 is 38.9 Å². The number of halogens is 1. The van der Waals surface area contributed by atoms with Gasteiger partial charge in [-0.05, 0) is 68.6 Å². The van der Waals surface area contributed by atoms with E-state index in [0.717, 1.165) is 38.4 Å². The molecule has 0 spiro atoms. The van der Waals surface area contributed by atoms with Gasteiger partial charge >= 0.3 is 0 Å². The molecule has 4 bridgehead atoms. The Kier molecular flexibility index (Phi) is 4.54. The topological polar surface area (TPSA) is 92.3 Å². The van der Waals surface area contributed by atoms with Crippen LogP contribution in [0.15, 0.2) is 23.1 Å². The smallest absolute Gasteiger partial charge is 0.230 e. The van der Waals surface area contributed by atoms with Gasteiger partial charge in [0.05, 0.1) is 21.0 Å². The number of sulfone groups is 1. The molecule has 8 heteroatoms. The second-order valence-corrected chi connectivity index (χ2v) is 11.5. The molecule has 152 valence electrons. The van der Waals surface area contributed by atoms with Crippen molar-refractivity contribution in [3.8, 4) is 0 Å². The number of nitrogens with one attached hydrogen (secondary N) is 2. The second kappa shape index (κ2) is 6.46. The van der Waals surface area contributed by atoms with E-state index in [0.29, 0.717) is 29.0 Å². The molecule has 1 aromatic rings. The molecule has 6 nitrogen and oxygen atoms in total. The van der Waals surface area contributed by atoms with E-state index in [1.165, 1.54) is 25.1 Å². The van der Waals surface area contributed by atoms with Crippen LogP contribution in [-0.4, -0.2) is 32.0 Å². The average Bonchev–Trinajstić information content (AvgIpc) is 2.53. The monoisotopic (exact) mass is 424 g/mol. The molecular weight excluding hydrogens is 400 g/mol. The molecule has 0 aliphatic heterocycles. The summed E-state index contributed by atoms with van der Waals surface area (Å²) in [5.74, 6) is 0.679. The summed E-state index contributed by atoms with van der Waals surface area (Å²) in [6.45, 7) is 1.53.